The van der Waals surface area contributed by atoms with Gasteiger partial charge in [-0.15, -0.1) is 10.2 Å². The Kier molecular flexibility index (Phi) is 4.11. The Morgan fingerprint density at radius 2 is 2.23 bits per heavy atom. The molecule has 3 N–H and O–H groups in total. The van der Waals surface area contributed by atoms with Gasteiger partial charge < -0.3 is 11.1 Å². The molecule has 0 fully saturated rings. The summed E-state index contributed by atoms with van der Waals surface area (Å²) in [5, 5.41) is 12.9. The monoisotopic (exact) mass is 200 g/mol. The quantitative estimate of drug-likeness (QED) is 0.755. The van der Waals surface area contributed by atoms with E-state index >= 15 is 0 Å². The van der Waals surface area contributed by atoms with E-state index in [2.05, 4.69) is 29.4 Å². The van der Waals surface area contributed by atoms with Crippen molar-refractivity contribution in [1.29, 1.82) is 0 Å². The van der Waals surface area contributed by atoms with Crippen molar-refractivity contribution in [3.05, 3.63) is 5.01 Å². The van der Waals surface area contributed by atoms with E-state index in [9.17, 15) is 0 Å². The van der Waals surface area contributed by atoms with Crippen LogP contribution in [0.2, 0.25) is 0 Å². The minimum Gasteiger partial charge on any atom is -0.360 e. The zero-order valence-corrected chi connectivity index (χ0v) is 8.90. The highest BCUT2D eigenvalue weighted by Gasteiger charge is 2.01. The lowest BCUT2D eigenvalue weighted by Crippen LogP contribution is -2.04. The van der Waals surface area contributed by atoms with Gasteiger partial charge in [0.05, 0.1) is 0 Å². The van der Waals surface area contributed by atoms with Crippen LogP contribution in [0.15, 0.2) is 0 Å². The minimum atomic E-state index is 0.476. The van der Waals surface area contributed by atoms with Crippen LogP contribution < -0.4 is 11.1 Å². The summed E-state index contributed by atoms with van der Waals surface area (Å²) in [6, 6.07) is 0. The van der Waals surface area contributed by atoms with Crippen molar-refractivity contribution in [3.8, 4) is 0 Å². The maximum Gasteiger partial charge on any atom is 0.205 e. The first-order chi connectivity index (χ1) is 6.22. The molecule has 0 aromatic carbocycles. The number of aromatic nitrogens is 2. The fourth-order valence-corrected chi connectivity index (χ4v) is 1.52. The zero-order valence-electron chi connectivity index (χ0n) is 8.08. The van der Waals surface area contributed by atoms with Gasteiger partial charge in [-0.3, -0.25) is 0 Å². The number of anilines is 1. The Bertz CT molecular complexity index is 246. The molecule has 1 heterocycles. The van der Waals surface area contributed by atoms with E-state index in [-0.39, 0.29) is 0 Å². The summed E-state index contributed by atoms with van der Waals surface area (Å²) in [6.45, 7) is 5.83. The summed E-state index contributed by atoms with van der Waals surface area (Å²) in [6.07, 6.45) is 1.15. The topological polar surface area (TPSA) is 63.8 Å². The average molecular weight is 200 g/mol. The molecule has 1 rings (SSSR count). The number of nitrogens with two attached hydrogens (primary N) is 1. The second-order valence-electron chi connectivity index (χ2n) is 3.31. The van der Waals surface area contributed by atoms with Crippen molar-refractivity contribution >= 4 is 16.5 Å². The van der Waals surface area contributed by atoms with E-state index in [4.69, 9.17) is 5.73 Å². The molecule has 0 amide bonds. The van der Waals surface area contributed by atoms with E-state index < -0.39 is 0 Å². The van der Waals surface area contributed by atoms with Crippen LogP contribution >= 0.6 is 11.3 Å². The third kappa shape index (κ3) is 3.69. The molecular formula is C8H16N4S. The SMILES string of the molecule is CC(C)CCNc1nnc(CN)s1. The molecule has 0 aliphatic rings. The first kappa shape index (κ1) is 10.4. The standard InChI is InChI=1S/C8H16N4S/c1-6(2)3-4-10-8-12-11-7(5-9)13-8/h6H,3-5,9H2,1-2H3,(H,10,12). The van der Waals surface area contributed by atoms with Gasteiger partial charge in [0.25, 0.3) is 0 Å². The highest BCUT2D eigenvalue weighted by atomic mass is 32.1. The predicted molar refractivity (Wildman–Crippen MR) is 55.7 cm³/mol. The van der Waals surface area contributed by atoms with Crippen LogP contribution in [-0.2, 0) is 6.54 Å². The number of hydrogen-bond acceptors (Lipinski definition) is 5. The number of nitrogens with one attached hydrogen (secondary N) is 1. The van der Waals surface area contributed by atoms with Gasteiger partial charge in [0.1, 0.15) is 5.01 Å². The normalized spacial score (nSPS) is 10.8. The molecule has 0 atom stereocenters. The van der Waals surface area contributed by atoms with Crippen molar-refractivity contribution in [1.82, 2.24) is 10.2 Å². The van der Waals surface area contributed by atoms with E-state index in [1.165, 1.54) is 11.3 Å². The molecule has 13 heavy (non-hydrogen) atoms. The van der Waals surface area contributed by atoms with E-state index in [0.717, 1.165) is 29.0 Å². The molecule has 0 spiro atoms. The van der Waals surface area contributed by atoms with E-state index in [1.807, 2.05) is 0 Å². The van der Waals surface area contributed by atoms with Gasteiger partial charge in [-0.1, -0.05) is 25.2 Å². The molecule has 5 heteroatoms. The van der Waals surface area contributed by atoms with Crippen LogP contribution in [0.4, 0.5) is 5.13 Å². The summed E-state index contributed by atoms with van der Waals surface area (Å²) in [5.74, 6) is 0.717. The molecule has 1 aromatic rings. The van der Waals surface area contributed by atoms with Gasteiger partial charge >= 0.3 is 0 Å². The Labute approximate surface area is 82.6 Å². The molecule has 0 bridgehead atoms. The number of nitrogens with zero attached hydrogens (tertiary/aromatic N) is 2. The molecule has 0 unspecified atom stereocenters. The highest BCUT2D eigenvalue weighted by Crippen LogP contribution is 2.14. The molecule has 0 saturated carbocycles. The summed E-state index contributed by atoms with van der Waals surface area (Å²) in [5.41, 5.74) is 5.42. The van der Waals surface area contributed by atoms with Crippen LogP contribution in [0.1, 0.15) is 25.3 Å². The largest absolute Gasteiger partial charge is 0.360 e. The summed E-state index contributed by atoms with van der Waals surface area (Å²) in [4.78, 5) is 0. The lowest BCUT2D eigenvalue weighted by molar-refractivity contribution is 0.607. The van der Waals surface area contributed by atoms with Gasteiger partial charge in [-0.25, -0.2) is 0 Å². The molecule has 0 radical (unpaired) electrons. The van der Waals surface area contributed by atoms with Gasteiger partial charge in [0, 0.05) is 13.1 Å². The van der Waals surface area contributed by atoms with Crippen molar-refractivity contribution in [2.45, 2.75) is 26.8 Å². The molecule has 0 aliphatic heterocycles. The van der Waals surface area contributed by atoms with Crippen molar-refractivity contribution in [2.75, 3.05) is 11.9 Å². The molecular weight excluding hydrogens is 184 g/mol. The van der Waals surface area contributed by atoms with Gasteiger partial charge in [0.15, 0.2) is 0 Å². The second-order valence-corrected chi connectivity index (χ2v) is 4.38. The fourth-order valence-electron chi connectivity index (χ4n) is 0.875. The Hall–Kier alpha value is -0.680. The molecule has 1 aromatic heterocycles. The Morgan fingerprint density at radius 1 is 1.46 bits per heavy atom. The Morgan fingerprint density at radius 3 is 2.77 bits per heavy atom. The van der Waals surface area contributed by atoms with Crippen LogP contribution in [0.25, 0.3) is 0 Å². The predicted octanol–water partition coefficient (Wildman–Crippen LogP) is 1.45. The smallest absolute Gasteiger partial charge is 0.205 e. The van der Waals surface area contributed by atoms with Crippen LogP contribution in [-0.4, -0.2) is 16.7 Å². The maximum absolute atomic E-state index is 5.42. The lowest BCUT2D eigenvalue weighted by Gasteiger charge is -2.03. The van der Waals surface area contributed by atoms with Gasteiger partial charge in [0.2, 0.25) is 5.13 Å². The molecule has 0 saturated heterocycles. The molecule has 74 valence electrons. The summed E-state index contributed by atoms with van der Waals surface area (Å²) in [7, 11) is 0. The third-order valence-electron chi connectivity index (χ3n) is 1.64. The first-order valence-corrected chi connectivity index (χ1v) is 5.30. The average Bonchev–Trinajstić information content (AvgIpc) is 2.52. The molecule has 0 aliphatic carbocycles. The summed E-state index contributed by atoms with van der Waals surface area (Å²) < 4.78 is 0. The molecule has 4 nitrogen and oxygen atoms in total. The van der Waals surface area contributed by atoms with Crippen molar-refractivity contribution < 1.29 is 0 Å². The van der Waals surface area contributed by atoms with Crippen LogP contribution in [0.3, 0.4) is 0 Å². The fraction of sp³-hybridized carbons (Fsp3) is 0.750. The first-order valence-electron chi connectivity index (χ1n) is 4.48. The van der Waals surface area contributed by atoms with Crippen molar-refractivity contribution in [3.63, 3.8) is 0 Å². The Balaban J connectivity index is 2.28. The highest BCUT2D eigenvalue weighted by molar-refractivity contribution is 7.15. The van der Waals surface area contributed by atoms with Gasteiger partial charge in [-0.2, -0.15) is 0 Å². The maximum atomic E-state index is 5.42. The van der Waals surface area contributed by atoms with Gasteiger partial charge in [-0.05, 0) is 12.3 Å². The van der Waals surface area contributed by atoms with E-state index in [1.54, 1.807) is 0 Å². The zero-order chi connectivity index (χ0) is 9.68. The number of hydrogen-bond donors (Lipinski definition) is 2. The van der Waals surface area contributed by atoms with E-state index in [0.29, 0.717) is 6.54 Å². The number of rotatable bonds is 5. The minimum absolute atomic E-state index is 0.476. The lowest BCUT2D eigenvalue weighted by atomic mass is 10.1. The van der Waals surface area contributed by atoms with Crippen molar-refractivity contribution in [2.24, 2.45) is 11.7 Å². The van der Waals surface area contributed by atoms with Crippen LogP contribution in [0, 0.1) is 5.92 Å². The second kappa shape index (κ2) is 5.14. The summed E-state index contributed by atoms with van der Waals surface area (Å²) >= 11 is 1.53. The third-order valence-corrected chi connectivity index (χ3v) is 2.54. The van der Waals surface area contributed by atoms with Crippen LogP contribution in [0.5, 0.6) is 0 Å².